The van der Waals surface area contributed by atoms with Crippen molar-refractivity contribution in [3.8, 4) is 22.3 Å². The number of benzene rings is 6. The summed E-state index contributed by atoms with van der Waals surface area (Å²) in [6, 6.07) is 49.4. The fraction of sp³-hybridized carbons (Fsp3) is 0.0270. The normalized spacial score (nSPS) is 15.9. The van der Waals surface area contributed by atoms with E-state index in [0.29, 0.717) is 0 Å². The summed E-state index contributed by atoms with van der Waals surface area (Å²) < 4.78 is 6.28. The van der Waals surface area contributed by atoms with Crippen molar-refractivity contribution in [3.63, 3.8) is 0 Å². The Morgan fingerprint density at radius 1 is 0.487 bits per heavy atom. The van der Waals surface area contributed by atoms with Crippen molar-refractivity contribution in [2.45, 2.75) is 5.41 Å². The summed E-state index contributed by atoms with van der Waals surface area (Å²) in [5.74, 6) is 0. The molecule has 0 fully saturated rings. The maximum Gasteiger partial charge on any atom is 0.136 e. The second-order valence-electron chi connectivity index (χ2n) is 10.2. The average molecular weight is 519 g/mol. The van der Waals surface area contributed by atoms with Gasteiger partial charge in [-0.25, -0.2) is 0 Å². The topological polar surface area (TPSA) is 13.1 Å². The quantitative estimate of drug-likeness (QED) is 0.227. The van der Waals surface area contributed by atoms with E-state index in [1.807, 2.05) is 18.2 Å². The van der Waals surface area contributed by atoms with Crippen LogP contribution >= 0.6 is 11.6 Å². The molecule has 1 atom stereocenters. The van der Waals surface area contributed by atoms with Crippen LogP contribution in [0.2, 0.25) is 5.02 Å². The third kappa shape index (κ3) is 3.08. The minimum Gasteiger partial charge on any atom is -0.456 e. The van der Waals surface area contributed by atoms with Crippen LogP contribution in [-0.4, -0.2) is 0 Å². The maximum atomic E-state index is 6.65. The third-order valence-electron chi connectivity index (χ3n) is 8.23. The number of fused-ring (bicyclic) bond motifs is 6. The molecule has 1 heterocycles. The van der Waals surface area contributed by atoms with Gasteiger partial charge in [-0.3, -0.25) is 0 Å². The molecule has 0 aliphatic heterocycles. The SMILES string of the molecule is Clc1cccc(C2(c3ccccc3)c3ccccc3-c3c(-c4cccc5oc6ccccc6c45)cccc32)c1. The van der Waals surface area contributed by atoms with Gasteiger partial charge in [-0.1, -0.05) is 127 Å². The number of halogens is 1. The Kier molecular flexibility index (Phi) is 4.86. The molecule has 0 amide bonds. The van der Waals surface area contributed by atoms with Gasteiger partial charge in [0.2, 0.25) is 0 Å². The van der Waals surface area contributed by atoms with Crippen LogP contribution in [0.1, 0.15) is 22.3 Å². The highest BCUT2D eigenvalue weighted by molar-refractivity contribution is 6.30. The number of rotatable bonds is 3. The minimum absolute atomic E-state index is 0.500. The van der Waals surface area contributed by atoms with Crippen LogP contribution in [0.25, 0.3) is 44.2 Å². The molecular weight excluding hydrogens is 496 g/mol. The summed E-state index contributed by atoms with van der Waals surface area (Å²) in [6.45, 7) is 0. The van der Waals surface area contributed by atoms with Gasteiger partial charge in [-0.05, 0) is 68.8 Å². The first-order chi connectivity index (χ1) is 19.3. The molecule has 2 heteroatoms. The van der Waals surface area contributed by atoms with E-state index in [-0.39, 0.29) is 0 Å². The van der Waals surface area contributed by atoms with Gasteiger partial charge < -0.3 is 4.42 Å². The zero-order valence-electron chi connectivity index (χ0n) is 21.1. The van der Waals surface area contributed by atoms with Crippen LogP contribution in [0, 0.1) is 0 Å². The molecule has 1 nitrogen and oxygen atoms in total. The van der Waals surface area contributed by atoms with Crippen molar-refractivity contribution in [2.24, 2.45) is 0 Å². The number of furan rings is 1. The Hall–Kier alpha value is -4.59. The first-order valence-corrected chi connectivity index (χ1v) is 13.6. The van der Waals surface area contributed by atoms with Crippen molar-refractivity contribution in [2.75, 3.05) is 0 Å². The molecule has 0 saturated carbocycles. The van der Waals surface area contributed by atoms with Crippen LogP contribution in [0.5, 0.6) is 0 Å². The molecule has 6 aromatic carbocycles. The molecule has 1 aromatic heterocycles. The molecule has 39 heavy (non-hydrogen) atoms. The second kappa shape index (κ2) is 8.46. The van der Waals surface area contributed by atoms with E-state index in [9.17, 15) is 0 Å². The molecule has 0 spiro atoms. The van der Waals surface area contributed by atoms with Gasteiger partial charge in [0.1, 0.15) is 11.2 Å². The van der Waals surface area contributed by atoms with E-state index in [2.05, 4.69) is 121 Å². The lowest BCUT2D eigenvalue weighted by Gasteiger charge is -2.34. The Balaban J connectivity index is 1.54. The number of hydrogen-bond acceptors (Lipinski definition) is 1. The zero-order chi connectivity index (χ0) is 26.0. The van der Waals surface area contributed by atoms with Gasteiger partial charge in [-0.15, -0.1) is 0 Å². The molecule has 0 bridgehead atoms. The van der Waals surface area contributed by atoms with Crippen molar-refractivity contribution in [3.05, 3.63) is 167 Å². The van der Waals surface area contributed by atoms with E-state index in [0.717, 1.165) is 32.5 Å². The van der Waals surface area contributed by atoms with E-state index in [1.165, 1.54) is 38.9 Å². The molecule has 1 aliphatic carbocycles. The van der Waals surface area contributed by atoms with Gasteiger partial charge in [-0.2, -0.15) is 0 Å². The van der Waals surface area contributed by atoms with Crippen LogP contribution in [-0.2, 0) is 5.41 Å². The monoisotopic (exact) mass is 518 g/mol. The predicted molar refractivity (Wildman–Crippen MR) is 161 cm³/mol. The highest BCUT2D eigenvalue weighted by Gasteiger charge is 2.46. The summed E-state index contributed by atoms with van der Waals surface area (Å²) in [4.78, 5) is 0. The Bertz CT molecular complexity index is 2030. The number of para-hydroxylation sites is 1. The molecule has 8 rings (SSSR count). The molecule has 0 saturated heterocycles. The zero-order valence-corrected chi connectivity index (χ0v) is 21.8. The smallest absolute Gasteiger partial charge is 0.136 e. The van der Waals surface area contributed by atoms with E-state index in [1.54, 1.807) is 0 Å². The lowest BCUT2D eigenvalue weighted by molar-refractivity contribution is 0.669. The van der Waals surface area contributed by atoms with E-state index >= 15 is 0 Å². The summed E-state index contributed by atoms with van der Waals surface area (Å²) >= 11 is 6.65. The fourth-order valence-corrected chi connectivity index (χ4v) is 6.94. The van der Waals surface area contributed by atoms with Gasteiger partial charge in [0.25, 0.3) is 0 Å². The predicted octanol–water partition coefficient (Wildman–Crippen LogP) is 10.3. The summed E-state index contributed by atoms with van der Waals surface area (Å²) in [7, 11) is 0. The van der Waals surface area contributed by atoms with Crippen LogP contribution in [0.4, 0.5) is 0 Å². The summed E-state index contributed by atoms with van der Waals surface area (Å²) in [6.07, 6.45) is 0. The minimum atomic E-state index is -0.500. The lowest BCUT2D eigenvalue weighted by atomic mass is 9.67. The van der Waals surface area contributed by atoms with E-state index in [4.69, 9.17) is 16.0 Å². The van der Waals surface area contributed by atoms with Crippen molar-refractivity contribution >= 4 is 33.5 Å². The molecule has 0 radical (unpaired) electrons. The van der Waals surface area contributed by atoms with Crippen LogP contribution in [0.15, 0.2) is 144 Å². The van der Waals surface area contributed by atoms with Gasteiger partial charge in [0, 0.05) is 15.8 Å². The molecule has 1 aliphatic rings. The van der Waals surface area contributed by atoms with Crippen molar-refractivity contribution < 1.29 is 4.42 Å². The van der Waals surface area contributed by atoms with Crippen LogP contribution in [0.3, 0.4) is 0 Å². The molecule has 184 valence electrons. The van der Waals surface area contributed by atoms with Crippen molar-refractivity contribution in [1.29, 1.82) is 0 Å². The molecule has 1 unspecified atom stereocenters. The standard InChI is InChI=1S/C37H23ClO/c38-26-14-8-13-25(23-26)37(24-11-2-1-3-12-24)31-19-6-4-15-29(31)35-27(17-9-20-32(35)37)28-18-10-22-34-36(28)30-16-5-7-21-33(30)39-34/h1-23H. The fourth-order valence-electron chi connectivity index (χ4n) is 6.75. The highest BCUT2D eigenvalue weighted by Crippen LogP contribution is 2.58. The lowest BCUT2D eigenvalue weighted by Crippen LogP contribution is -2.28. The average Bonchev–Trinajstić information content (AvgIpc) is 3.52. The summed E-state index contributed by atoms with van der Waals surface area (Å²) in [5.41, 5.74) is 11.1. The highest BCUT2D eigenvalue weighted by atomic mass is 35.5. The molecule has 0 N–H and O–H groups in total. The third-order valence-corrected chi connectivity index (χ3v) is 8.46. The van der Waals surface area contributed by atoms with Crippen LogP contribution < -0.4 is 0 Å². The first-order valence-electron chi connectivity index (χ1n) is 13.2. The van der Waals surface area contributed by atoms with Gasteiger partial charge in [0.15, 0.2) is 0 Å². The molecule has 7 aromatic rings. The Labute approximate surface area is 231 Å². The second-order valence-corrected chi connectivity index (χ2v) is 10.6. The van der Waals surface area contributed by atoms with Gasteiger partial charge in [0.05, 0.1) is 5.41 Å². The largest absolute Gasteiger partial charge is 0.456 e. The van der Waals surface area contributed by atoms with Gasteiger partial charge >= 0.3 is 0 Å². The number of hydrogen-bond donors (Lipinski definition) is 0. The van der Waals surface area contributed by atoms with Crippen molar-refractivity contribution in [1.82, 2.24) is 0 Å². The van der Waals surface area contributed by atoms with E-state index < -0.39 is 5.41 Å². The first kappa shape index (κ1) is 22.4. The summed E-state index contributed by atoms with van der Waals surface area (Å²) in [5, 5.41) is 3.02. The Morgan fingerprint density at radius 2 is 1.13 bits per heavy atom. The Morgan fingerprint density at radius 3 is 2.03 bits per heavy atom. The molecular formula is C37H23ClO. The maximum absolute atomic E-state index is 6.65.